The fourth-order valence-corrected chi connectivity index (χ4v) is 1.86. The Kier molecular flexibility index (Phi) is 4.23. The van der Waals surface area contributed by atoms with E-state index in [-0.39, 0.29) is 23.9 Å². The summed E-state index contributed by atoms with van der Waals surface area (Å²) in [5.74, 6) is -0.677. The van der Waals surface area contributed by atoms with Gasteiger partial charge in [0.1, 0.15) is 12.4 Å². The van der Waals surface area contributed by atoms with E-state index in [1.165, 1.54) is 19.1 Å². The van der Waals surface area contributed by atoms with Crippen molar-refractivity contribution >= 4 is 23.1 Å². The standard InChI is InChI=1S/C13H11ClFN3O3/c1-7-4-12(9(15)5-11(7)18(19)20)21-6-10-8(14)2-3-13(16)17-10/h2-5H,6H2,1H3,(H2,16,17). The highest BCUT2D eigenvalue weighted by Gasteiger charge is 2.16. The molecule has 0 bridgehead atoms. The van der Waals surface area contributed by atoms with Gasteiger partial charge >= 0.3 is 0 Å². The van der Waals surface area contributed by atoms with Crippen LogP contribution in [0.5, 0.6) is 5.75 Å². The zero-order valence-electron chi connectivity index (χ0n) is 11.0. The predicted octanol–water partition coefficient (Wildman–Crippen LogP) is 3.25. The molecule has 2 aromatic rings. The van der Waals surface area contributed by atoms with Crippen LogP contribution in [0.25, 0.3) is 0 Å². The van der Waals surface area contributed by atoms with Crippen molar-refractivity contribution in [1.82, 2.24) is 4.98 Å². The van der Waals surface area contributed by atoms with Crippen LogP contribution in [0, 0.1) is 22.9 Å². The van der Waals surface area contributed by atoms with Crippen LogP contribution < -0.4 is 10.5 Å². The molecule has 0 spiro atoms. The number of hydrogen-bond acceptors (Lipinski definition) is 5. The number of halogens is 2. The van der Waals surface area contributed by atoms with Crippen molar-refractivity contribution in [3.63, 3.8) is 0 Å². The third kappa shape index (κ3) is 3.38. The molecule has 0 fully saturated rings. The van der Waals surface area contributed by atoms with Crippen LogP contribution in [0.4, 0.5) is 15.9 Å². The minimum absolute atomic E-state index is 0.0992. The van der Waals surface area contributed by atoms with E-state index in [0.717, 1.165) is 6.07 Å². The van der Waals surface area contributed by atoms with Gasteiger partial charge < -0.3 is 10.5 Å². The Morgan fingerprint density at radius 1 is 1.48 bits per heavy atom. The van der Waals surface area contributed by atoms with Crippen LogP contribution >= 0.6 is 11.6 Å². The van der Waals surface area contributed by atoms with E-state index >= 15 is 0 Å². The van der Waals surface area contributed by atoms with Gasteiger partial charge in [0.25, 0.3) is 5.69 Å². The Labute approximate surface area is 124 Å². The first-order chi connectivity index (χ1) is 9.88. The third-order valence-corrected chi connectivity index (χ3v) is 3.10. The lowest BCUT2D eigenvalue weighted by Crippen LogP contribution is -2.03. The molecular formula is C13H11ClFN3O3. The predicted molar refractivity (Wildman–Crippen MR) is 75.8 cm³/mol. The molecule has 0 atom stereocenters. The summed E-state index contributed by atoms with van der Waals surface area (Å²) in [4.78, 5) is 14.0. The number of nitro groups is 1. The highest BCUT2D eigenvalue weighted by Crippen LogP contribution is 2.28. The van der Waals surface area contributed by atoms with Gasteiger partial charge in [0.2, 0.25) is 0 Å². The second-order valence-electron chi connectivity index (χ2n) is 4.28. The third-order valence-electron chi connectivity index (χ3n) is 2.75. The normalized spacial score (nSPS) is 10.4. The van der Waals surface area contributed by atoms with Gasteiger partial charge in [0, 0.05) is 5.56 Å². The highest BCUT2D eigenvalue weighted by molar-refractivity contribution is 6.31. The number of anilines is 1. The summed E-state index contributed by atoms with van der Waals surface area (Å²) in [6.45, 7) is 1.40. The maximum Gasteiger partial charge on any atom is 0.275 e. The van der Waals surface area contributed by atoms with Crippen molar-refractivity contribution < 1.29 is 14.1 Å². The van der Waals surface area contributed by atoms with E-state index in [0.29, 0.717) is 16.3 Å². The SMILES string of the molecule is Cc1cc(OCc2nc(N)ccc2Cl)c(F)cc1[N+](=O)[O-]. The molecule has 0 aliphatic carbocycles. The molecular weight excluding hydrogens is 301 g/mol. The summed E-state index contributed by atoms with van der Waals surface area (Å²) in [5, 5.41) is 11.0. The average Bonchev–Trinajstić information content (AvgIpc) is 2.42. The lowest BCUT2D eigenvalue weighted by molar-refractivity contribution is -0.385. The molecule has 1 aromatic heterocycles. The second kappa shape index (κ2) is 5.92. The number of nitrogens with two attached hydrogens (primary N) is 1. The van der Waals surface area contributed by atoms with Crippen molar-refractivity contribution in [2.24, 2.45) is 0 Å². The zero-order chi connectivity index (χ0) is 15.6. The zero-order valence-corrected chi connectivity index (χ0v) is 11.7. The lowest BCUT2D eigenvalue weighted by Gasteiger charge is -2.09. The quantitative estimate of drug-likeness (QED) is 0.691. The highest BCUT2D eigenvalue weighted by atomic mass is 35.5. The maximum absolute atomic E-state index is 13.8. The molecule has 110 valence electrons. The summed E-state index contributed by atoms with van der Waals surface area (Å²) in [7, 11) is 0. The van der Waals surface area contributed by atoms with Gasteiger partial charge in [-0.3, -0.25) is 10.1 Å². The Morgan fingerprint density at radius 2 is 2.19 bits per heavy atom. The molecule has 2 rings (SSSR count). The van der Waals surface area contributed by atoms with Crippen molar-refractivity contribution in [2.75, 3.05) is 5.73 Å². The topological polar surface area (TPSA) is 91.3 Å². The summed E-state index contributed by atoms with van der Waals surface area (Å²) in [5.41, 5.74) is 5.87. The average molecular weight is 312 g/mol. The molecule has 0 saturated heterocycles. The van der Waals surface area contributed by atoms with Gasteiger partial charge in [-0.2, -0.15) is 0 Å². The van der Waals surface area contributed by atoms with Crippen LogP contribution in [0.2, 0.25) is 5.02 Å². The van der Waals surface area contributed by atoms with E-state index in [1.54, 1.807) is 6.07 Å². The summed E-state index contributed by atoms with van der Waals surface area (Å²) >= 11 is 5.92. The minimum Gasteiger partial charge on any atom is -0.484 e. The smallest absolute Gasteiger partial charge is 0.275 e. The van der Waals surface area contributed by atoms with Gasteiger partial charge in [0.15, 0.2) is 11.6 Å². The fourth-order valence-electron chi connectivity index (χ4n) is 1.70. The number of nitrogen functional groups attached to an aromatic ring is 1. The molecule has 1 heterocycles. The molecule has 8 heteroatoms. The molecule has 0 unspecified atom stereocenters. The molecule has 0 saturated carbocycles. The van der Waals surface area contributed by atoms with Crippen LogP contribution in [0.3, 0.4) is 0 Å². The van der Waals surface area contributed by atoms with Crippen molar-refractivity contribution in [1.29, 1.82) is 0 Å². The summed E-state index contributed by atoms with van der Waals surface area (Å²) in [6.07, 6.45) is 0. The lowest BCUT2D eigenvalue weighted by atomic mass is 10.2. The van der Waals surface area contributed by atoms with Gasteiger partial charge in [-0.15, -0.1) is 0 Å². The van der Waals surface area contributed by atoms with Crippen LogP contribution in [-0.4, -0.2) is 9.91 Å². The van der Waals surface area contributed by atoms with E-state index in [9.17, 15) is 14.5 Å². The van der Waals surface area contributed by atoms with Gasteiger partial charge in [0.05, 0.1) is 21.7 Å². The van der Waals surface area contributed by atoms with Gasteiger partial charge in [-0.05, 0) is 25.1 Å². The molecule has 6 nitrogen and oxygen atoms in total. The first-order valence-corrected chi connectivity index (χ1v) is 6.24. The summed E-state index contributed by atoms with van der Waals surface area (Å²) < 4.78 is 19.0. The van der Waals surface area contributed by atoms with Crippen LogP contribution in [0.1, 0.15) is 11.3 Å². The van der Waals surface area contributed by atoms with Gasteiger partial charge in [-0.25, -0.2) is 9.37 Å². The molecule has 0 amide bonds. The van der Waals surface area contributed by atoms with Crippen LogP contribution in [-0.2, 0) is 6.61 Å². The number of aryl methyl sites for hydroxylation is 1. The molecule has 1 aromatic carbocycles. The number of aromatic nitrogens is 1. The van der Waals surface area contributed by atoms with E-state index in [2.05, 4.69) is 4.98 Å². The number of nitro benzene ring substituents is 1. The number of rotatable bonds is 4. The van der Waals surface area contributed by atoms with E-state index in [1.807, 2.05) is 0 Å². The maximum atomic E-state index is 13.8. The molecule has 21 heavy (non-hydrogen) atoms. The Hall–Kier alpha value is -2.41. The summed E-state index contributed by atoms with van der Waals surface area (Å²) in [6, 6.07) is 5.16. The largest absolute Gasteiger partial charge is 0.484 e. The number of benzene rings is 1. The number of ether oxygens (including phenoxy) is 1. The van der Waals surface area contributed by atoms with E-state index in [4.69, 9.17) is 22.1 Å². The molecule has 0 radical (unpaired) electrons. The number of pyridine rings is 1. The Bertz CT molecular complexity index is 709. The molecule has 0 aliphatic heterocycles. The molecule has 2 N–H and O–H groups in total. The minimum atomic E-state index is -0.827. The van der Waals surface area contributed by atoms with Gasteiger partial charge in [-0.1, -0.05) is 11.6 Å². The van der Waals surface area contributed by atoms with Crippen molar-refractivity contribution in [2.45, 2.75) is 13.5 Å². The number of hydrogen-bond donors (Lipinski definition) is 1. The first-order valence-electron chi connectivity index (χ1n) is 5.86. The van der Waals surface area contributed by atoms with Crippen LogP contribution in [0.15, 0.2) is 24.3 Å². The Morgan fingerprint density at radius 3 is 2.86 bits per heavy atom. The number of nitrogens with zero attached hydrogens (tertiary/aromatic N) is 2. The first kappa shape index (κ1) is 15.0. The Balaban J connectivity index is 2.22. The van der Waals surface area contributed by atoms with E-state index < -0.39 is 10.7 Å². The van der Waals surface area contributed by atoms with Crippen molar-refractivity contribution in [3.8, 4) is 5.75 Å². The van der Waals surface area contributed by atoms with Crippen molar-refractivity contribution in [3.05, 3.63) is 56.5 Å². The monoisotopic (exact) mass is 311 g/mol. The molecule has 0 aliphatic rings. The fraction of sp³-hybridized carbons (Fsp3) is 0.154. The second-order valence-corrected chi connectivity index (χ2v) is 4.69.